The summed E-state index contributed by atoms with van der Waals surface area (Å²) in [7, 11) is 0. The molecule has 0 spiro atoms. The molecule has 4 nitrogen and oxygen atoms in total. The lowest BCUT2D eigenvalue weighted by molar-refractivity contribution is -0.166. The quantitative estimate of drug-likeness (QED) is 0.442. The van der Waals surface area contributed by atoms with Gasteiger partial charge in [-0.2, -0.15) is 18.3 Å². The van der Waals surface area contributed by atoms with Crippen LogP contribution in [0, 0.1) is 0 Å². The number of carbonyl (C=O) groups is 1. The first kappa shape index (κ1) is 17.2. The van der Waals surface area contributed by atoms with Crippen LogP contribution in [0.3, 0.4) is 0 Å². The lowest BCUT2D eigenvalue weighted by atomic mass is 10.2. The fourth-order valence-corrected chi connectivity index (χ4v) is 2.28. The Labute approximate surface area is 137 Å². The summed E-state index contributed by atoms with van der Waals surface area (Å²) in [5.41, 5.74) is -0.990. The van der Waals surface area contributed by atoms with Crippen LogP contribution in [0.2, 0.25) is 5.02 Å². The fraction of sp³-hybridized carbons (Fsp3) is 0.0714. The summed E-state index contributed by atoms with van der Waals surface area (Å²) in [5, 5.41) is 18.7. The van der Waals surface area contributed by atoms with Crippen LogP contribution in [0.5, 0.6) is 0 Å². The van der Waals surface area contributed by atoms with Gasteiger partial charge in [-0.1, -0.05) is 17.7 Å². The van der Waals surface area contributed by atoms with E-state index < -0.39 is 23.4 Å². The molecule has 9 heteroatoms. The predicted octanol–water partition coefficient (Wildman–Crippen LogP) is 5.54. The molecule has 1 heterocycles. The van der Waals surface area contributed by atoms with Crippen LogP contribution >= 0.6 is 22.9 Å². The van der Waals surface area contributed by atoms with Crippen LogP contribution in [-0.4, -0.2) is 17.1 Å². The highest BCUT2D eigenvalue weighted by Gasteiger charge is 2.43. The second kappa shape index (κ2) is 6.93. The molecule has 0 saturated carbocycles. The van der Waals surface area contributed by atoms with Crippen molar-refractivity contribution in [2.45, 2.75) is 6.18 Å². The SMILES string of the molecule is O=C(C(N=Nc1ccc(Cl)cc1)=C(O)c1cccs1)C(F)(F)F. The fourth-order valence-electron chi connectivity index (χ4n) is 1.48. The predicted molar refractivity (Wildman–Crippen MR) is 80.9 cm³/mol. The molecule has 0 aliphatic rings. The third-order valence-electron chi connectivity index (χ3n) is 2.54. The third kappa shape index (κ3) is 4.40. The van der Waals surface area contributed by atoms with Gasteiger partial charge in [0.1, 0.15) is 0 Å². The van der Waals surface area contributed by atoms with E-state index in [0.717, 1.165) is 11.3 Å². The van der Waals surface area contributed by atoms with Crippen molar-refractivity contribution in [2.24, 2.45) is 10.2 Å². The van der Waals surface area contributed by atoms with E-state index in [1.165, 1.54) is 41.8 Å². The number of carbonyl (C=O) groups excluding carboxylic acids is 1. The first-order valence-corrected chi connectivity index (χ1v) is 7.31. The molecule has 0 radical (unpaired) electrons. The molecule has 1 aromatic heterocycles. The Hall–Kier alpha value is -2.19. The molecule has 120 valence electrons. The van der Waals surface area contributed by atoms with E-state index in [4.69, 9.17) is 11.6 Å². The van der Waals surface area contributed by atoms with Gasteiger partial charge in [0.05, 0.1) is 10.6 Å². The molecule has 0 aliphatic carbocycles. The van der Waals surface area contributed by atoms with Crippen molar-refractivity contribution in [1.29, 1.82) is 0 Å². The topological polar surface area (TPSA) is 62.0 Å². The summed E-state index contributed by atoms with van der Waals surface area (Å²) in [5.74, 6) is -3.15. The van der Waals surface area contributed by atoms with Gasteiger partial charge in [-0.05, 0) is 35.7 Å². The Morgan fingerprint density at radius 2 is 1.83 bits per heavy atom. The van der Waals surface area contributed by atoms with Gasteiger partial charge >= 0.3 is 6.18 Å². The number of aliphatic hydroxyl groups is 1. The molecule has 0 bridgehead atoms. The number of hydrogen-bond acceptors (Lipinski definition) is 5. The van der Waals surface area contributed by atoms with Crippen molar-refractivity contribution in [3.8, 4) is 0 Å². The van der Waals surface area contributed by atoms with Gasteiger partial charge in [-0.15, -0.1) is 16.5 Å². The zero-order valence-corrected chi connectivity index (χ0v) is 12.8. The Morgan fingerprint density at radius 1 is 1.17 bits per heavy atom. The van der Waals surface area contributed by atoms with Crippen LogP contribution in [0.1, 0.15) is 4.88 Å². The maximum atomic E-state index is 12.7. The number of thiophene rings is 1. The number of allylic oxidation sites excluding steroid dienone is 1. The van der Waals surface area contributed by atoms with Crippen molar-refractivity contribution in [3.63, 3.8) is 0 Å². The van der Waals surface area contributed by atoms with Gasteiger partial charge in [0.2, 0.25) is 0 Å². The number of aliphatic hydroxyl groups excluding tert-OH is 1. The van der Waals surface area contributed by atoms with Crippen LogP contribution in [0.25, 0.3) is 5.76 Å². The van der Waals surface area contributed by atoms with Crippen LogP contribution in [0.15, 0.2) is 57.7 Å². The maximum Gasteiger partial charge on any atom is 0.456 e. The van der Waals surface area contributed by atoms with Crippen molar-refractivity contribution in [3.05, 3.63) is 57.4 Å². The molecular weight excluding hydrogens is 353 g/mol. The summed E-state index contributed by atoms with van der Waals surface area (Å²) in [6.07, 6.45) is -5.18. The van der Waals surface area contributed by atoms with E-state index in [0.29, 0.717) is 5.02 Å². The molecule has 23 heavy (non-hydrogen) atoms. The average Bonchev–Trinajstić information content (AvgIpc) is 3.02. The maximum absolute atomic E-state index is 12.7. The number of alkyl halides is 3. The number of hydrogen-bond donors (Lipinski definition) is 1. The number of halogens is 4. The highest BCUT2D eigenvalue weighted by atomic mass is 35.5. The highest BCUT2D eigenvalue weighted by molar-refractivity contribution is 7.11. The lowest BCUT2D eigenvalue weighted by Gasteiger charge is -2.06. The summed E-state index contributed by atoms with van der Waals surface area (Å²) in [6.45, 7) is 0. The molecule has 2 aromatic rings. The number of rotatable bonds is 4. The van der Waals surface area contributed by atoms with E-state index in [-0.39, 0.29) is 10.6 Å². The summed E-state index contributed by atoms with van der Waals surface area (Å²) >= 11 is 6.64. The van der Waals surface area contributed by atoms with Gasteiger partial charge in [0.15, 0.2) is 11.5 Å². The zero-order chi connectivity index (χ0) is 17.0. The number of azo groups is 1. The van der Waals surface area contributed by atoms with E-state index in [1.807, 2.05) is 0 Å². The van der Waals surface area contributed by atoms with Crippen LogP contribution < -0.4 is 0 Å². The summed E-state index contributed by atoms with van der Waals surface area (Å²) < 4.78 is 38.0. The second-order valence-corrected chi connectivity index (χ2v) is 5.56. The normalized spacial score (nSPS) is 13.2. The van der Waals surface area contributed by atoms with Crippen molar-refractivity contribution in [2.75, 3.05) is 0 Å². The molecule has 0 saturated heterocycles. The Kier molecular flexibility index (Phi) is 5.17. The van der Waals surface area contributed by atoms with Gasteiger partial charge in [-0.3, -0.25) is 4.79 Å². The molecule has 2 rings (SSSR count). The zero-order valence-electron chi connectivity index (χ0n) is 11.2. The Balaban J connectivity index is 2.44. The van der Waals surface area contributed by atoms with Gasteiger partial charge in [-0.25, -0.2) is 0 Å². The first-order chi connectivity index (χ1) is 10.8. The van der Waals surface area contributed by atoms with Crippen molar-refractivity contribution < 1.29 is 23.1 Å². The molecule has 0 atom stereocenters. The number of ketones is 1. The third-order valence-corrected chi connectivity index (χ3v) is 3.67. The largest absolute Gasteiger partial charge is 0.504 e. The van der Waals surface area contributed by atoms with Gasteiger partial charge in [0, 0.05) is 5.02 Å². The van der Waals surface area contributed by atoms with Crippen LogP contribution in [0.4, 0.5) is 18.9 Å². The Morgan fingerprint density at radius 3 is 2.35 bits per heavy atom. The van der Waals surface area contributed by atoms with E-state index in [2.05, 4.69) is 10.2 Å². The molecule has 0 amide bonds. The molecule has 0 fully saturated rings. The van der Waals surface area contributed by atoms with E-state index in [9.17, 15) is 23.1 Å². The molecule has 1 aromatic carbocycles. The molecule has 0 unspecified atom stereocenters. The number of nitrogens with zero attached hydrogens (tertiary/aromatic N) is 2. The van der Waals surface area contributed by atoms with E-state index >= 15 is 0 Å². The highest BCUT2D eigenvalue weighted by Crippen LogP contribution is 2.29. The average molecular weight is 361 g/mol. The number of benzene rings is 1. The van der Waals surface area contributed by atoms with Crippen LogP contribution in [-0.2, 0) is 4.79 Å². The van der Waals surface area contributed by atoms with E-state index in [1.54, 1.807) is 0 Å². The lowest BCUT2D eigenvalue weighted by Crippen LogP contribution is -2.24. The van der Waals surface area contributed by atoms with Crippen molar-refractivity contribution >= 4 is 40.2 Å². The second-order valence-electron chi connectivity index (χ2n) is 4.18. The standard InChI is InChI=1S/C14H8ClF3N2O2S/c15-8-3-5-9(6-4-8)19-20-11(13(22)14(16,17)18)12(21)10-2-1-7-23-10/h1-7,21H. The minimum Gasteiger partial charge on any atom is -0.504 e. The minimum absolute atomic E-state index is 0.0765. The molecule has 0 aliphatic heterocycles. The molecular formula is C14H8ClF3N2O2S. The summed E-state index contributed by atoms with van der Waals surface area (Å²) in [6, 6.07) is 8.62. The number of Topliss-reactive ketones (excluding diaryl/α,β-unsaturated/α-hetero) is 1. The first-order valence-electron chi connectivity index (χ1n) is 6.05. The monoisotopic (exact) mass is 360 g/mol. The smallest absolute Gasteiger partial charge is 0.456 e. The van der Waals surface area contributed by atoms with Gasteiger partial charge < -0.3 is 5.11 Å². The van der Waals surface area contributed by atoms with Gasteiger partial charge in [0.25, 0.3) is 5.78 Å². The molecule has 1 N–H and O–H groups in total. The minimum atomic E-state index is -5.18. The van der Waals surface area contributed by atoms with Crippen molar-refractivity contribution in [1.82, 2.24) is 0 Å². The summed E-state index contributed by atoms with van der Waals surface area (Å²) in [4.78, 5) is 11.5. The Bertz CT molecular complexity index is 753.